The number of allylic oxidation sites excluding steroid dienone is 1. The summed E-state index contributed by atoms with van der Waals surface area (Å²) in [6, 6.07) is 0. The zero-order valence-corrected chi connectivity index (χ0v) is 11.6. The minimum atomic E-state index is -6.65. The molecule has 0 amide bonds. The zero-order valence-electron chi connectivity index (χ0n) is 11.6. The van der Waals surface area contributed by atoms with E-state index in [0.717, 1.165) is 6.08 Å². The fraction of sp³-hybridized carbons (Fsp3) is 0.750. The Morgan fingerprint density at radius 3 is 1.96 bits per heavy atom. The highest BCUT2D eigenvalue weighted by molar-refractivity contribution is 5.79. The molecule has 0 aromatic heterocycles. The van der Waals surface area contributed by atoms with Gasteiger partial charge in [-0.25, -0.2) is 9.18 Å². The first-order chi connectivity index (χ1) is 10.6. The Morgan fingerprint density at radius 2 is 1.54 bits per heavy atom. The molecule has 0 heterocycles. The fourth-order valence-corrected chi connectivity index (χ4v) is 2.58. The van der Waals surface area contributed by atoms with Gasteiger partial charge < -0.3 is 4.74 Å². The van der Waals surface area contributed by atoms with Crippen molar-refractivity contribution in [3.63, 3.8) is 0 Å². The van der Waals surface area contributed by atoms with Gasteiger partial charge >= 0.3 is 29.8 Å². The van der Waals surface area contributed by atoms with E-state index in [1.165, 1.54) is 0 Å². The van der Waals surface area contributed by atoms with Crippen LogP contribution >= 0.6 is 0 Å². The third kappa shape index (κ3) is 2.14. The summed E-state index contributed by atoms with van der Waals surface area (Å²) in [6.07, 6.45) is -5.67. The molecule has 1 fully saturated rings. The van der Waals surface area contributed by atoms with Gasteiger partial charge in [0.25, 0.3) is 5.85 Å². The van der Waals surface area contributed by atoms with Crippen LogP contribution in [0.15, 0.2) is 12.2 Å². The molecule has 0 saturated heterocycles. The Balaban J connectivity index is 2.37. The minimum Gasteiger partial charge on any atom is -0.464 e. The first kappa shape index (κ1) is 18.9. The van der Waals surface area contributed by atoms with E-state index in [0.29, 0.717) is 6.08 Å². The molecule has 0 N–H and O–H groups in total. The topological polar surface area (TPSA) is 35.5 Å². The Hall–Kier alpha value is -1.46. The van der Waals surface area contributed by atoms with Crippen molar-refractivity contribution in [1.29, 1.82) is 0 Å². The first-order valence-electron chi connectivity index (χ1n) is 6.32. The molecule has 138 valence electrons. The Labute approximate surface area is 128 Å². The largest absolute Gasteiger partial charge is 0.464 e. The maximum atomic E-state index is 14.3. The number of carbonyl (C=O) groups excluding carboxylic acids is 1. The smallest absolute Gasteiger partial charge is 0.429 e. The summed E-state index contributed by atoms with van der Waals surface area (Å²) in [7, 11) is 0.205. The van der Waals surface area contributed by atoms with Gasteiger partial charge in [0.05, 0.1) is 7.11 Å². The van der Waals surface area contributed by atoms with Crippen LogP contribution in [0.3, 0.4) is 0 Å². The summed E-state index contributed by atoms with van der Waals surface area (Å²) in [5, 5.41) is 0. The van der Waals surface area contributed by atoms with E-state index in [4.69, 9.17) is 0 Å². The average molecular weight is 372 g/mol. The number of carbonyl (C=O) groups is 1. The molecule has 3 atom stereocenters. The summed E-state index contributed by atoms with van der Waals surface area (Å²) in [5.74, 6) is -29.1. The van der Waals surface area contributed by atoms with E-state index in [-0.39, 0.29) is 7.11 Å². The van der Waals surface area contributed by atoms with Crippen LogP contribution < -0.4 is 0 Å². The third-order valence-corrected chi connectivity index (χ3v) is 3.96. The maximum Gasteiger partial charge on any atom is 0.429 e. The normalized spacial score (nSPS) is 32.2. The summed E-state index contributed by atoms with van der Waals surface area (Å²) in [6.45, 7) is 0. The van der Waals surface area contributed by atoms with E-state index in [1.54, 1.807) is 0 Å². The lowest BCUT2D eigenvalue weighted by atomic mass is 9.97. The first-order valence-corrected chi connectivity index (χ1v) is 6.32. The molecule has 0 radical (unpaired) electrons. The van der Waals surface area contributed by atoms with Crippen molar-refractivity contribution in [3.05, 3.63) is 12.2 Å². The van der Waals surface area contributed by atoms with Crippen LogP contribution in [0.1, 0.15) is 6.42 Å². The molecular weight excluding hydrogens is 363 g/mol. The van der Waals surface area contributed by atoms with E-state index in [1.807, 2.05) is 0 Å². The SMILES string of the molecule is COC(=O)C(F)(F)C(F)(F)C(F)(F)OC1(F)C2C=CC(C2)C1(F)F. The molecule has 0 aliphatic heterocycles. The van der Waals surface area contributed by atoms with Crippen molar-refractivity contribution < 1.29 is 53.8 Å². The monoisotopic (exact) mass is 372 g/mol. The van der Waals surface area contributed by atoms with Crippen LogP contribution in [0.5, 0.6) is 0 Å². The van der Waals surface area contributed by atoms with Crippen molar-refractivity contribution in [2.45, 2.75) is 36.2 Å². The number of esters is 1. The third-order valence-electron chi connectivity index (χ3n) is 3.96. The van der Waals surface area contributed by atoms with Gasteiger partial charge in [-0.3, -0.25) is 4.74 Å². The highest BCUT2D eigenvalue weighted by atomic mass is 19.4. The zero-order chi connectivity index (χ0) is 18.8. The van der Waals surface area contributed by atoms with Crippen LogP contribution in [0, 0.1) is 11.8 Å². The van der Waals surface area contributed by atoms with E-state index in [2.05, 4.69) is 9.47 Å². The van der Waals surface area contributed by atoms with Crippen molar-refractivity contribution in [1.82, 2.24) is 0 Å². The van der Waals surface area contributed by atoms with Crippen LogP contribution in [0.25, 0.3) is 0 Å². The molecule has 2 rings (SSSR count). The number of hydrogen-bond donors (Lipinski definition) is 0. The number of hydrogen-bond acceptors (Lipinski definition) is 3. The lowest BCUT2D eigenvalue weighted by molar-refractivity contribution is -0.456. The molecule has 3 nitrogen and oxygen atoms in total. The number of alkyl halides is 9. The molecule has 2 bridgehead atoms. The van der Waals surface area contributed by atoms with Crippen molar-refractivity contribution >= 4 is 5.97 Å². The summed E-state index contributed by atoms with van der Waals surface area (Å²) >= 11 is 0. The average Bonchev–Trinajstić information content (AvgIpc) is 3.00. The van der Waals surface area contributed by atoms with Crippen LogP contribution in [-0.2, 0) is 14.3 Å². The highest BCUT2D eigenvalue weighted by Crippen LogP contribution is 2.61. The van der Waals surface area contributed by atoms with Crippen molar-refractivity contribution in [3.8, 4) is 0 Å². The van der Waals surface area contributed by atoms with Gasteiger partial charge in [-0.2, -0.15) is 35.1 Å². The second kappa shape index (κ2) is 5.02. The fourth-order valence-electron chi connectivity index (χ4n) is 2.58. The minimum absolute atomic E-state index is 0.205. The summed E-state index contributed by atoms with van der Waals surface area (Å²) < 4.78 is 128. The second-order valence-corrected chi connectivity index (χ2v) is 5.36. The van der Waals surface area contributed by atoms with Gasteiger partial charge in [0.2, 0.25) is 0 Å². The molecular formula is C12H9F9O3. The van der Waals surface area contributed by atoms with Crippen LogP contribution in [-0.4, -0.2) is 42.8 Å². The van der Waals surface area contributed by atoms with E-state index < -0.39 is 54.0 Å². The molecule has 0 aromatic carbocycles. The molecule has 12 heteroatoms. The number of methoxy groups -OCH3 is 1. The Morgan fingerprint density at radius 1 is 1.04 bits per heavy atom. The van der Waals surface area contributed by atoms with E-state index in [9.17, 15) is 44.3 Å². The maximum absolute atomic E-state index is 14.3. The molecule has 2 aliphatic rings. The predicted octanol–water partition coefficient (Wildman–Crippen LogP) is 3.55. The van der Waals surface area contributed by atoms with Gasteiger partial charge in [0.1, 0.15) is 0 Å². The molecule has 2 aliphatic carbocycles. The lowest BCUT2D eigenvalue weighted by Crippen LogP contribution is -2.63. The number of fused-ring (bicyclic) bond motifs is 2. The Bertz CT molecular complexity index is 574. The molecule has 1 saturated carbocycles. The van der Waals surface area contributed by atoms with Crippen molar-refractivity contribution in [2.75, 3.05) is 7.11 Å². The van der Waals surface area contributed by atoms with Gasteiger partial charge in [-0.1, -0.05) is 12.2 Å². The number of ether oxygens (including phenoxy) is 2. The molecule has 0 spiro atoms. The summed E-state index contributed by atoms with van der Waals surface area (Å²) in [4.78, 5) is 10.6. The van der Waals surface area contributed by atoms with Gasteiger partial charge in [-0.05, 0) is 6.42 Å². The highest BCUT2D eigenvalue weighted by Gasteiger charge is 2.82. The van der Waals surface area contributed by atoms with Crippen LogP contribution in [0.2, 0.25) is 0 Å². The van der Waals surface area contributed by atoms with Gasteiger partial charge in [0.15, 0.2) is 0 Å². The predicted molar refractivity (Wildman–Crippen MR) is 57.5 cm³/mol. The number of halogens is 9. The second-order valence-electron chi connectivity index (χ2n) is 5.36. The quantitative estimate of drug-likeness (QED) is 0.421. The van der Waals surface area contributed by atoms with Crippen LogP contribution in [0.4, 0.5) is 39.5 Å². The lowest BCUT2D eigenvalue weighted by Gasteiger charge is -2.39. The summed E-state index contributed by atoms with van der Waals surface area (Å²) in [5.41, 5.74) is 0. The van der Waals surface area contributed by atoms with E-state index >= 15 is 0 Å². The standard InChI is InChI=1S/C12H9F9O3/c1-23-7(22)9(15,16)11(18,19)12(20,21)24-10(17)6-3-2-5(4-6)8(10,13)14/h2-3,5-6H,4H2,1H3. The molecule has 0 aromatic rings. The van der Waals surface area contributed by atoms with Gasteiger partial charge in [-0.15, -0.1) is 0 Å². The van der Waals surface area contributed by atoms with Crippen molar-refractivity contribution in [2.24, 2.45) is 11.8 Å². The Kier molecular flexibility index (Phi) is 3.95. The molecule has 3 unspecified atom stereocenters. The number of rotatable bonds is 5. The van der Waals surface area contributed by atoms with Gasteiger partial charge in [0, 0.05) is 11.8 Å². The molecule has 24 heavy (non-hydrogen) atoms.